The Balaban J connectivity index is 1.45. The molecule has 0 unspecified atom stereocenters. The smallest absolute Gasteiger partial charge is 0.243 e. The van der Waals surface area contributed by atoms with Crippen LogP contribution in [0.1, 0.15) is 5.56 Å². The van der Waals surface area contributed by atoms with Crippen LogP contribution in [0.3, 0.4) is 0 Å². The van der Waals surface area contributed by atoms with E-state index >= 15 is 0 Å². The van der Waals surface area contributed by atoms with Gasteiger partial charge < -0.3 is 4.90 Å². The van der Waals surface area contributed by atoms with Crippen molar-refractivity contribution in [3.63, 3.8) is 0 Å². The van der Waals surface area contributed by atoms with Gasteiger partial charge in [-0.25, -0.2) is 8.42 Å². The highest BCUT2D eigenvalue weighted by molar-refractivity contribution is 7.89. The van der Waals surface area contributed by atoms with Crippen LogP contribution in [0.15, 0.2) is 59.5 Å². The minimum Gasteiger partial charge on any atom is -0.352 e. The molecule has 1 aromatic heterocycles. The highest BCUT2D eigenvalue weighted by Gasteiger charge is 2.29. The molecule has 1 aliphatic heterocycles. The van der Waals surface area contributed by atoms with E-state index in [1.54, 1.807) is 0 Å². The molecule has 6 nitrogen and oxygen atoms in total. The fourth-order valence-corrected chi connectivity index (χ4v) is 5.25. The SMILES string of the molecule is Cc1ccccc1-c1ccc(N2CCN(S(=O)(=O)c3ccc(Cl)c(Cl)c3)CC2)nn1. The summed E-state index contributed by atoms with van der Waals surface area (Å²) in [6.07, 6.45) is 0. The van der Waals surface area contributed by atoms with E-state index in [4.69, 9.17) is 23.2 Å². The summed E-state index contributed by atoms with van der Waals surface area (Å²) < 4.78 is 27.3. The zero-order chi connectivity index (χ0) is 21.3. The lowest BCUT2D eigenvalue weighted by molar-refractivity contribution is 0.383. The summed E-state index contributed by atoms with van der Waals surface area (Å²) in [6, 6.07) is 16.3. The molecule has 1 fully saturated rings. The number of aromatic nitrogens is 2. The van der Waals surface area contributed by atoms with Crippen LogP contribution in [0, 0.1) is 6.92 Å². The summed E-state index contributed by atoms with van der Waals surface area (Å²) in [7, 11) is -3.63. The van der Waals surface area contributed by atoms with Crippen molar-refractivity contribution in [2.24, 2.45) is 0 Å². The third-order valence-corrected chi connectivity index (χ3v) is 7.80. The van der Waals surface area contributed by atoms with E-state index in [-0.39, 0.29) is 9.92 Å². The van der Waals surface area contributed by atoms with Crippen LogP contribution in [0.2, 0.25) is 10.0 Å². The van der Waals surface area contributed by atoms with Gasteiger partial charge in [0.15, 0.2) is 5.82 Å². The molecule has 0 spiro atoms. The van der Waals surface area contributed by atoms with E-state index in [1.807, 2.05) is 48.2 Å². The Morgan fingerprint density at radius 3 is 2.23 bits per heavy atom. The molecule has 30 heavy (non-hydrogen) atoms. The Bertz CT molecular complexity index is 1160. The van der Waals surface area contributed by atoms with Crippen LogP contribution < -0.4 is 4.90 Å². The van der Waals surface area contributed by atoms with Crippen molar-refractivity contribution < 1.29 is 8.42 Å². The molecule has 9 heteroatoms. The molecule has 0 atom stereocenters. The van der Waals surface area contributed by atoms with Gasteiger partial charge in [-0.2, -0.15) is 4.31 Å². The van der Waals surface area contributed by atoms with Crippen LogP contribution in [-0.4, -0.2) is 49.1 Å². The van der Waals surface area contributed by atoms with Gasteiger partial charge in [0.1, 0.15) is 0 Å². The van der Waals surface area contributed by atoms with Crippen LogP contribution in [0.5, 0.6) is 0 Å². The average molecular weight is 463 g/mol. The molecule has 2 heterocycles. The van der Waals surface area contributed by atoms with Gasteiger partial charge in [-0.05, 0) is 42.8 Å². The normalized spacial score (nSPS) is 15.4. The topological polar surface area (TPSA) is 66.4 Å². The molecular weight excluding hydrogens is 443 g/mol. The highest BCUT2D eigenvalue weighted by Crippen LogP contribution is 2.28. The standard InChI is InChI=1S/C21H20Cl2N4O2S/c1-15-4-2-3-5-17(15)20-8-9-21(25-24-20)26-10-12-27(13-11-26)30(28,29)16-6-7-18(22)19(23)14-16/h2-9,14H,10-13H2,1H3. The highest BCUT2D eigenvalue weighted by atomic mass is 35.5. The molecule has 4 rings (SSSR count). The Kier molecular flexibility index (Phi) is 5.97. The van der Waals surface area contributed by atoms with Gasteiger partial charge in [0.2, 0.25) is 10.0 Å². The van der Waals surface area contributed by atoms with Gasteiger partial charge in [-0.3, -0.25) is 0 Å². The summed E-state index contributed by atoms with van der Waals surface area (Å²) in [4.78, 5) is 2.18. The molecule has 3 aromatic rings. The third-order valence-electron chi connectivity index (χ3n) is 5.16. The molecule has 0 radical (unpaired) electrons. The first-order valence-electron chi connectivity index (χ1n) is 9.46. The van der Waals surface area contributed by atoms with E-state index in [0.717, 1.165) is 22.6 Å². The van der Waals surface area contributed by atoms with Gasteiger partial charge in [0.05, 0.1) is 20.6 Å². The Morgan fingerprint density at radius 2 is 1.60 bits per heavy atom. The van der Waals surface area contributed by atoms with Crippen molar-refractivity contribution in [3.05, 3.63) is 70.2 Å². The van der Waals surface area contributed by atoms with Crippen molar-refractivity contribution >= 4 is 39.0 Å². The van der Waals surface area contributed by atoms with E-state index in [1.165, 1.54) is 22.5 Å². The molecule has 1 aliphatic rings. The quantitative estimate of drug-likeness (QED) is 0.578. The number of rotatable bonds is 4. The van der Waals surface area contributed by atoms with Gasteiger partial charge in [-0.1, -0.05) is 47.5 Å². The second-order valence-corrected chi connectivity index (χ2v) is 9.81. The molecular formula is C21H20Cl2N4O2S. The summed E-state index contributed by atoms with van der Waals surface area (Å²) in [5.74, 6) is 0.735. The van der Waals surface area contributed by atoms with Crippen molar-refractivity contribution in [1.82, 2.24) is 14.5 Å². The monoisotopic (exact) mass is 462 g/mol. The first kappa shape index (κ1) is 21.1. The fraction of sp³-hybridized carbons (Fsp3) is 0.238. The van der Waals surface area contributed by atoms with Crippen molar-refractivity contribution in [2.75, 3.05) is 31.1 Å². The third kappa shape index (κ3) is 4.16. The predicted octanol–water partition coefficient (Wildman–Crippen LogP) is 4.27. The van der Waals surface area contributed by atoms with E-state index in [9.17, 15) is 8.42 Å². The Labute approximate surface area is 186 Å². The predicted molar refractivity (Wildman–Crippen MR) is 120 cm³/mol. The zero-order valence-electron chi connectivity index (χ0n) is 16.3. The molecule has 1 saturated heterocycles. The van der Waals surface area contributed by atoms with Gasteiger partial charge in [-0.15, -0.1) is 10.2 Å². The number of nitrogens with zero attached hydrogens (tertiary/aromatic N) is 4. The van der Waals surface area contributed by atoms with Crippen LogP contribution in [0.25, 0.3) is 11.3 Å². The summed E-state index contributed by atoms with van der Waals surface area (Å²) in [5.41, 5.74) is 3.01. The molecule has 2 aromatic carbocycles. The van der Waals surface area contributed by atoms with E-state index in [2.05, 4.69) is 10.2 Å². The van der Waals surface area contributed by atoms with Gasteiger partial charge in [0, 0.05) is 31.7 Å². The number of benzene rings is 2. The maximum absolute atomic E-state index is 12.9. The first-order valence-corrected chi connectivity index (χ1v) is 11.7. The summed E-state index contributed by atoms with van der Waals surface area (Å²) in [5, 5.41) is 9.28. The maximum Gasteiger partial charge on any atom is 0.243 e. The average Bonchev–Trinajstić information content (AvgIpc) is 2.76. The van der Waals surface area contributed by atoms with Gasteiger partial charge in [0.25, 0.3) is 0 Å². The van der Waals surface area contributed by atoms with Crippen LogP contribution in [0.4, 0.5) is 5.82 Å². The van der Waals surface area contributed by atoms with Crippen molar-refractivity contribution in [3.8, 4) is 11.3 Å². The Morgan fingerprint density at radius 1 is 0.867 bits per heavy atom. The summed E-state index contributed by atoms with van der Waals surface area (Å²) in [6.45, 7) is 3.80. The Hall–Kier alpha value is -2.19. The molecule has 0 amide bonds. The number of halogens is 2. The second kappa shape index (κ2) is 8.51. The second-order valence-electron chi connectivity index (χ2n) is 7.06. The minimum atomic E-state index is -3.63. The molecule has 0 bridgehead atoms. The number of hydrogen-bond acceptors (Lipinski definition) is 5. The van der Waals surface area contributed by atoms with Crippen LogP contribution >= 0.6 is 23.2 Å². The molecule has 0 N–H and O–H groups in total. The molecule has 156 valence electrons. The van der Waals surface area contributed by atoms with Crippen LogP contribution in [-0.2, 0) is 10.0 Å². The maximum atomic E-state index is 12.9. The van der Waals surface area contributed by atoms with E-state index < -0.39 is 10.0 Å². The molecule has 0 aliphatic carbocycles. The number of hydrogen-bond donors (Lipinski definition) is 0. The first-order chi connectivity index (χ1) is 14.4. The molecule has 0 saturated carbocycles. The van der Waals surface area contributed by atoms with Crippen molar-refractivity contribution in [1.29, 1.82) is 0 Å². The number of piperazine rings is 1. The number of aryl methyl sites for hydroxylation is 1. The van der Waals surface area contributed by atoms with Gasteiger partial charge >= 0.3 is 0 Å². The fourth-order valence-electron chi connectivity index (χ4n) is 3.44. The number of sulfonamides is 1. The zero-order valence-corrected chi connectivity index (χ0v) is 18.6. The summed E-state index contributed by atoms with van der Waals surface area (Å²) >= 11 is 11.9. The van der Waals surface area contributed by atoms with Crippen molar-refractivity contribution in [2.45, 2.75) is 11.8 Å². The lowest BCUT2D eigenvalue weighted by Crippen LogP contribution is -2.49. The lowest BCUT2D eigenvalue weighted by atomic mass is 10.1. The minimum absolute atomic E-state index is 0.146. The van der Waals surface area contributed by atoms with E-state index in [0.29, 0.717) is 31.2 Å². The largest absolute Gasteiger partial charge is 0.352 e. The lowest BCUT2D eigenvalue weighted by Gasteiger charge is -2.34. The number of anilines is 1.